The molecule has 1 unspecified atom stereocenters. The molecule has 0 spiro atoms. The standard InChI is InChI=1S/C15H24N2O2/c1-5-14(11-19-12(2)18)16-10-13-6-8-15(9-7-13)17(3)4/h6-9,14,16H,5,10-11H2,1-4H3. The first kappa shape index (κ1) is 15.5. The predicted molar refractivity (Wildman–Crippen MR) is 78.3 cm³/mol. The third kappa shape index (κ3) is 5.75. The van der Waals surface area contributed by atoms with E-state index >= 15 is 0 Å². The van der Waals surface area contributed by atoms with Gasteiger partial charge in [-0.05, 0) is 24.1 Å². The number of ether oxygens (including phenoxy) is 1. The summed E-state index contributed by atoms with van der Waals surface area (Å²) in [5.74, 6) is -0.226. The van der Waals surface area contributed by atoms with Crippen molar-refractivity contribution in [2.45, 2.75) is 32.9 Å². The Morgan fingerprint density at radius 2 is 1.95 bits per heavy atom. The van der Waals surface area contributed by atoms with Gasteiger partial charge in [-0.3, -0.25) is 4.79 Å². The summed E-state index contributed by atoms with van der Waals surface area (Å²) in [7, 11) is 4.05. The number of nitrogens with zero attached hydrogens (tertiary/aromatic N) is 1. The summed E-state index contributed by atoms with van der Waals surface area (Å²) < 4.78 is 5.03. The van der Waals surface area contributed by atoms with Crippen LogP contribution in [0.5, 0.6) is 0 Å². The zero-order valence-electron chi connectivity index (χ0n) is 12.3. The maximum absolute atomic E-state index is 10.8. The van der Waals surface area contributed by atoms with Crippen LogP contribution in [0.2, 0.25) is 0 Å². The first-order valence-corrected chi connectivity index (χ1v) is 6.66. The van der Waals surface area contributed by atoms with Crippen molar-refractivity contribution in [2.24, 2.45) is 0 Å². The van der Waals surface area contributed by atoms with Crippen LogP contribution in [0.3, 0.4) is 0 Å². The van der Waals surface area contributed by atoms with Gasteiger partial charge in [-0.15, -0.1) is 0 Å². The van der Waals surface area contributed by atoms with Crippen molar-refractivity contribution in [3.8, 4) is 0 Å². The summed E-state index contributed by atoms with van der Waals surface area (Å²) in [6.07, 6.45) is 0.934. The van der Waals surface area contributed by atoms with Crippen LogP contribution in [-0.4, -0.2) is 32.7 Å². The van der Waals surface area contributed by atoms with E-state index < -0.39 is 0 Å². The van der Waals surface area contributed by atoms with Crippen molar-refractivity contribution < 1.29 is 9.53 Å². The monoisotopic (exact) mass is 264 g/mol. The molecular weight excluding hydrogens is 240 g/mol. The number of rotatable bonds is 7. The molecule has 4 heteroatoms. The Morgan fingerprint density at radius 1 is 1.32 bits per heavy atom. The smallest absolute Gasteiger partial charge is 0.302 e. The van der Waals surface area contributed by atoms with Crippen LogP contribution in [0.15, 0.2) is 24.3 Å². The number of esters is 1. The molecule has 0 heterocycles. The number of anilines is 1. The van der Waals surface area contributed by atoms with Gasteiger partial charge in [-0.1, -0.05) is 19.1 Å². The van der Waals surface area contributed by atoms with E-state index in [1.165, 1.54) is 18.2 Å². The minimum Gasteiger partial charge on any atom is -0.464 e. The number of carbonyl (C=O) groups excluding carboxylic acids is 1. The van der Waals surface area contributed by atoms with Crippen molar-refractivity contribution >= 4 is 11.7 Å². The highest BCUT2D eigenvalue weighted by Crippen LogP contribution is 2.12. The quantitative estimate of drug-likeness (QED) is 0.767. The van der Waals surface area contributed by atoms with Crippen LogP contribution in [-0.2, 0) is 16.1 Å². The molecule has 0 radical (unpaired) electrons. The first-order chi connectivity index (χ1) is 9.02. The summed E-state index contributed by atoms with van der Waals surface area (Å²) in [6.45, 7) is 4.73. The fourth-order valence-corrected chi connectivity index (χ4v) is 1.71. The molecule has 0 aliphatic rings. The van der Waals surface area contributed by atoms with Gasteiger partial charge in [0.05, 0.1) is 0 Å². The Morgan fingerprint density at radius 3 is 2.42 bits per heavy atom. The Hall–Kier alpha value is -1.55. The molecule has 0 saturated carbocycles. The lowest BCUT2D eigenvalue weighted by atomic mass is 10.1. The second-order valence-corrected chi connectivity index (χ2v) is 4.85. The van der Waals surface area contributed by atoms with Crippen molar-refractivity contribution in [3.05, 3.63) is 29.8 Å². The number of hydrogen-bond donors (Lipinski definition) is 1. The van der Waals surface area contributed by atoms with Gasteiger partial charge in [0.2, 0.25) is 0 Å². The zero-order chi connectivity index (χ0) is 14.3. The Balaban J connectivity index is 2.43. The molecule has 1 aromatic carbocycles. The van der Waals surface area contributed by atoms with Gasteiger partial charge in [0.15, 0.2) is 0 Å². The van der Waals surface area contributed by atoms with Gasteiger partial charge >= 0.3 is 5.97 Å². The lowest BCUT2D eigenvalue weighted by Gasteiger charge is -2.17. The van der Waals surface area contributed by atoms with E-state index in [1.54, 1.807) is 0 Å². The van der Waals surface area contributed by atoms with Gasteiger partial charge < -0.3 is 15.0 Å². The lowest BCUT2D eigenvalue weighted by molar-refractivity contribution is -0.141. The second-order valence-electron chi connectivity index (χ2n) is 4.85. The topological polar surface area (TPSA) is 41.6 Å². The zero-order valence-corrected chi connectivity index (χ0v) is 12.3. The summed E-state index contributed by atoms with van der Waals surface area (Å²) in [5.41, 5.74) is 2.42. The van der Waals surface area contributed by atoms with Gasteiger partial charge in [-0.2, -0.15) is 0 Å². The minimum atomic E-state index is -0.226. The van der Waals surface area contributed by atoms with Crippen LogP contribution < -0.4 is 10.2 Å². The van der Waals surface area contributed by atoms with Crippen LogP contribution in [0.4, 0.5) is 5.69 Å². The Labute approximate surface area is 115 Å². The lowest BCUT2D eigenvalue weighted by Crippen LogP contribution is -2.33. The highest BCUT2D eigenvalue weighted by molar-refractivity contribution is 5.65. The molecule has 0 saturated heterocycles. The number of hydrogen-bond acceptors (Lipinski definition) is 4. The summed E-state index contributed by atoms with van der Waals surface area (Å²) in [4.78, 5) is 12.9. The second kappa shape index (κ2) is 7.79. The molecule has 19 heavy (non-hydrogen) atoms. The van der Waals surface area contributed by atoms with Crippen LogP contribution >= 0.6 is 0 Å². The Kier molecular flexibility index (Phi) is 6.36. The molecule has 0 aliphatic carbocycles. The third-order valence-electron chi connectivity index (χ3n) is 3.03. The Bertz CT molecular complexity index is 388. The number of carbonyl (C=O) groups is 1. The highest BCUT2D eigenvalue weighted by Gasteiger charge is 2.07. The summed E-state index contributed by atoms with van der Waals surface area (Å²) in [5, 5.41) is 3.40. The minimum absolute atomic E-state index is 0.206. The van der Waals surface area contributed by atoms with Crippen molar-refractivity contribution in [1.82, 2.24) is 5.32 Å². The molecular formula is C15H24N2O2. The number of nitrogens with one attached hydrogen (secondary N) is 1. The molecule has 0 amide bonds. The summed E-state index contributed by atoms with van der Waals surface area (Å²) >= 11 is 0. The van der Waals surface area contributed by atoms with Crippen LogP contribution in [0.1, 0.15) is 25.8 Å². The molecule has 1 atom stereocenters. The van der Waals surface area contributed by atoms with Gasteiger partial charge in [0.1, 0.15) is 6.61 Å². The van der Waals surface area contributed by atoms with E-state index in [0.717, 1.165) is 13.0 Å². The first-order valence-electron chi connectivity index (χ1n) is 6.66. The number of benzene rings is 1. The van der Waals surface area contributed by atoms with E-state index in [1.807, 2.05) is 14.1 Å². The van der Waals surface area contributed by atoms with Gasteiger partial charge in [0, 0.05) is 39.3 Å². The van der Waals surface area contributed by atoms with Crippen molar-refractivity contribution in [1.29, 1.82) is 0 Å². The molecule has 0 fully saturated rings. The highest BCUT2D eigenvalue weighted by atomic mass is 16.5. The third-order valence-corrected chi connectivity index (χ3v) is 3.03. The molecule has 4 nitrogen and oxygen atoms in total. The van der Waals surface area contributed by atoms with Gasteiger partial charge in [0.25, 0.3) is 0 Å². The molecule has 1 N–H and O–H groups in total. The summed E-state index contributed by atoms with van der Waals surface area (Å²) in [6, 6.07) is 8.63. The predicted octanol–water partition coefficient (Wildman–Crippen LogP) is 2.18. The maximum Gasteiger partial charge on any atom is 0.302 e. The largest absolute Gasteiger partial charge is 0.464 e. The van der Waals surface area contributed by atoms with E-state index in [9.17, 15) is 4.79 Å². The fourth-order valence-electron chi connectivity index (χ4n) is 1.71. The molecule has 1 rings (SSSR count). The van der Waals surface area contributed by atoms with Gasteiger partial charge in [-0.25, -0.2) is 0 Å². The molecule has 0 aliphatic heterocycles. The van der Waals surface area contributed by atoms with E-state index in [-0.39, 0.29) is 12.0 Å². The molecule has 0 bridgehead atoms. The average molecular weight is 264 g/mol. The van der Waals surface area contributed by atoms with E-state index in [0.29, 0.717) is 6.61 Å². The molecule has 1 aromatic rings. The fraction of sp³-hybridized carbons (Fsp3) is 0.533. The maximum atomic E-state index is 10.8. The average Bonchev–Trinajstić information content (AvgIpc) is 2.39. The van der Waals surface area contributed by atoms with E-state index in [4.69, 9.17) is 4.74 Å². The van der Waals surface area contributed by atoms with Crippen molar-refractivity contribution in [2.75, 3.05) is 25.6 Å². The molecule has 0 aromatic heterocycles. The molecule has 106 valence electrons. The van der Waals surface area contributed by atoms with E-state index in [2.05, 4.69) is 41.4 Å². The SMILES string of the molecule is CCC(COC(C)=O)NCc1ccc(N(C)C)cc1. The van der Waals surface area contributed by atoms with Crippen molar-refractivity contribution in [3.63, 3.8) is 0 Å². The van der Waals surface area contributed by atoms with Crippen LogP contribution in [0.25, 0.3) is 0 Å². The van der Waals surface area contributed by atoms with Crippen LogP contribution in [0, 0.1) is 0 Å². The normalized spacial score (nSPS) is 12.0.